The largest absolute Gasteiger partial charge is 0.493 e. The number of carbonyl (C=O) groups excluding carboxylic acids is 1. The van der Waals surface area contributed by atoms with Gasteiger partial charge in [0.25, 0.3) is 0 Å². The third kappa shape index (κ3) is 3.83. The van der Waals surface area contributed by atoms with E-state index in [-0.39, 0.29) is 0 Å². The molecule has 144 valence electrons. The van der Waals surface area contributed by atoms with Gasteiger partial charge in [-0.25, -0.2) is 9.78 Å². The van der Waals surface area contributed by atoms with Crippen molar-refractivity contribution in [2.24, 2.45) is 0 Å². The summed E-state index contributed by atoms with van der Waals surface area (Å²) in [6.45, 7) is 2.12. The quantitative estimate of drug-likeness (QED) is 0.328. The number of methoxy groups -OCH3 is 1. The van der Waals surface area contributed by atoms with E-state index < -0.39 is 5.97 Å². The Hall–Kier alpha value is -3.66. The number of benzene rings is 3. The van der Waals surface area contributed by atoms with E-state index >= 15 is 0 Å². The predicted molar refractivity (Wildman–Crippen MR) is 115 cm³/mol. The van der Waals surface area contributed by atoms with Crippen LogP contribution < -0.4 is 9.47 Å². The lowest BCUT2D eigenvalue weighted by molar-refractivity contribution is 0.0732. The number of aryl methyl sites for hydroxylation is 1. The minimum absolute atomic E-state index is 0.384. The minimum atomic E-state index is -0.445. The lowest BCUT2D eigenvalue weighted by atomic mass is 10.0. The zero-order valence-corrected chi connectivity index (χ0v) is 16.4. The molecule has 0 amide bonds. The first-order chi connectivity index (χ1) is 14.2. The first-order valence-electron chi connectivity index (χ1n) is 9.54. The number of hydrogen-bond donors (Lipinski definition) is 0. The molecule has 0 N–H and O–H groups in total. The van der Waals surface area contributed by atoms with E-state index in [4.69, 9.17) is 14.5 Å². The van der Waals surface area contributed by atoms with Gasteiger partial charge in [0.15, 0.2) is 11.5 Å². The van der Waals surface area contributed by atoms with Gasteiger partial charge >= 0.3 is 5.97 Å². The highest BCUT2D eigenvalue weighted by Crippen LogP contribution is 2.29. The number of nitrogens with zero attached hydrogens (tertiary/aromatic N) is 1. The molecule has 0 saturated heterocycles. The number of esters is 1. The Balaban J connectivity index is 1.79. The smallest absolute Gasteiger partial charge is 0.344 e. The molecular weight excluding hydrogens is 362 g/mol. The molecule has 0 bridgehead atoms. The lowest BCUT2D eigenvalue weighted by Crippen LogP contribution is -2.10. The van der Waals surface area contributed by atoms with E-state index in [1.54, 1.807) is 31.4 Å². The first-order valence-corrected chi connectivity index (χ1v) is 9.54. The molecule has 3 aromatic carbocycles. The molecule has 1 heterocycles. The van der Waals surface area contributed by atoms with E-state index in [0.29, 0.717) is 17.1 Å². The molecule has 4 nitrogen and oxygen atoms in total. The third-order valence-electron chi connectivity index (χ3n) is 4.87. The average Bonchev–Trinajstić information content (AvgIpc) is 2.78. The number of fused-ring (bicyclic) bond motifs is 1. The lowest BCUT2D eigenvalue weighted by Gasteiger charge is -2.12. The van der Waals surface area contributed by atoms with Gasteiger partial charge in [0, 0.05) is 10.9 Å². The summed E-state index contributed by atoms with van der Waals surface area (Å²) < 4.78 is 11.0. The van der Waals surface area contributed by atoms with Crippen molar-refractivity contribution in [3.05, 3.63) is 90.0 Å². The minimum Gasteiger partial charge on any atom is -0.493 e. The van der Waals surface area contributed by atoms with Gasteiger partial charge in [-0.3, -0.25) is 0 Å². The van der Waals surface area contributed by atoms with Crippen LogP contribution in [0.1, 0.15) is 22.8 Å². The summed E-state index contributed by atoms with van der Waals surface area (Å²) in [6.07, 6.45) is 0.974. The highest BCUT2D eigenvalue weighted by molar-refractivity contribution is 6.05. The Bertz CT molecular complexity index is 1170. The SMILES string of the molecule is CCc1ccc(-c2cc(C(=O)Oc3ccccc3OC)c3ccccc3n2)cc1. The van der Waals surface area contributed by atoms with Crippen molar-refractivity contribution < 1.29 is 14.3 Å². The van der Waals surface area contributed by atoms with E-state index in [9.17, 15) is 4.79 Å². The third-order valence-corrected chi connectivity index (χ3v) is 4.87. The average molecular weight is 383 g/mol. The van der Waals surface area contributed by atoms with Gasteiger partial charge in [-0.2, -0.15) is 0 Å². The fourth-order valence-electron chi connectivity index (χ4n) is 3.26. The molecule has 4 heteroatoms. The second-order valence-electron chi connectivity index (χ2n) is 6.66. The normalized spacial score (nSPS) is 10.7. The van der Waals surface area contributed by atoms with Gasteiger partial charge in [0.05, 0.1) is 23.9 Å². The van der Waals surface area contributed by atoms with Crippen molar-refractivity contribution in [2.75, 3.05) is 7.11 Å². The molecule has 0 aliphatic rings. The van der Waals surface area contributed by atoms with Crippen LogP contribution in [0.2, 0.25) is 0 Å². The topological polar surface area (TPSA) is 48.4 Å². The van der Waals surface area contributed by atoms with E-state index in [1.165, 1.54) is 5.56 Å². The summed E-state index contributed by atoms with van der Waals surface area (Å²) in [5.74, 6) is 0.448. The molecule has 0 aliphatic heterocycles. The summed E-state index contributed by atoms with van der Waals surface area (Å²) in [5, 5.41) is 0.751. The summed E-state index contributed by atoms with van der Waals surface area (Å²) in [7, 11) is 1.55. The Labute approximate surface area is 169 Å². The number of para-hydroxylation sites is 3. The van der Waals surface area contributed by atoms with Crippen LogP contribution in [-0.4, -0.2) is 18.1 Å². The summed E-state index contributed by atoms with van der Waals surface area (Å²) >= 11 is 0. The molecule has 0 radical (unpaired) electrons. The van der Waals surface area contributed by atoms with Crippen molar-refractivity contribution in [1.29, 1.82) is 0 Å². The molecule has 0 atom stereocenters. The maximum atomic E-state index is 13.1. The maximum Gasteiger partial charge on any atom is 0.344 e. The van der Waals surface area contributed by atoms with Crippen molar-refractivity contribution >= 4 is 16.9 Å². The molecule has 4 aromatic rings. The van der Waals surface area contributed by atoms with Gasteiger partial charge in [-0.05, 0) is 36.2 Å². The Kier molecular flexibility index (Phi) is 5.25. The van der Waals surface area contributed by atoms with Crippen molar-refractivity contribution in [1.82, 2.24) is 4.98 Å². The molecule has 0 saturated carbocycles. The van der Waals surface area contributed by atoms with Gasteiger partial charge < -0.3 is 9.47 Å². The molecule has 0 aliphatic carbocycles. The molecule has 1 aromatic heterocycles. The number of aromatic nitrogens is 1. The highest BCUT2D eigenvalue weighted by atomic mass is 16.6. The highest BCUT2D eigenvalue weighted by Gasteiger charge is 2.17. The van der Waals surface area contributed by atoms with Crippen molar-refractivity contribution in [3.8, 4) is 22.8 Å². The van der Waals surface area contributed by atoms with Crippen LogP contribution in [-0.2, 0) is 6.42 Å². The number of ether oxygens (including phenoxy) is 2. The van der Waals surface area contributed by atoms with Crippen molar-refractivity contribution in [2.45, 2.75) is 13.3 Å². The Morgan fingerprint density at radius 3 is 2.31 bits per heavy atom. The molecule has 0 spiro atoms. The Morgan fingerprint density at radius 2 is 1.59 bits per heavy atom. The van der Waals surface area contributed by atoms with Crippen LogP contribution in [0.5, 0.6) is 11.5 Å². The summed E-state index contributed by atoms with van der Waals surface area (Å²) in [6, 6.07) is 24.7. The fraction of sp³-hybridized carbons (Fsp3) is 0.120. The van der Waals surface area contributed by atoms with E-state index in [0.717, 1.165) is 28.6 Å². The zero-order valence-electron chi connectivity index (χ0n) is 16.4. The number of pyridine rings is 1. The molecule has 0 unspecified atom stereocenters. The maximum absolute atomic E-state index is 13.1. The zero-order chi connectivity index (χ0) is 20.2. The van der Waals surface area contributed by atoms with E-state index in [2.05, 4.69) is 19.1 Å². The predicted octanol–water partition coefficient (Wildman–Crippen LogP) is 5.69. The van der Waals surface area contributed by atoms with Gasteiger partial charge in [0.1, 0.15) is 0 Å². The van der Waals surface area contributed by atoms with Crippen LogP contribution in [0.15, 0.2) is 78.9 Å². The standard InChI is InChI=1S/C25H21NO3/c1-3-17-12-14-18(15-13-17)22-16-20(19-8-4-5-9-21(19)26-22)25(27)29-24-11-7-6-10-23(24)28-2/h4-16H,3H2,1-2H3. The van der Waals surface area contributed by atoms with Crippen molar-refractivity contribution in [3.63, 3.8) is 0 Å². The van der Waals surface area contributed by atoms with Gasteiger partial charge in [0.2, 0.25) is 0 Å². The molecule has 0 fully saturated rings. The summed E-state index contributed by atoms with van der Waals surface area (Å²) in [4.78, 5) is 17.8. The number of hydrogen-bond acceptors (Lipinski definition) is 4. The first kappa shape index (κ1) is 18.7. The van der Waals surface area contributed by atoms with Gasteiger partial charge in [-0.15, -0.1) is 0 Å². The van der Waals surface area contributed by atoms with Crippen LogP contribution in [0.4, 0.5) is 0 Å². The summed E-state index contributed by atoms with van der Waals surface area (Å²) in [5.41, 5.74) is 4.16. The fourth-order valence-corrected chi connectivity index (χ4v) is 3.26. The number of rotatable bonds is 5. The van der Waals surface area contributed by atoms with E-state index in [1.807, 2.05) is 42.5 Å². The molecular formula is C25H21NO3. The van der Waals surface area contributed by atoms with Gasteiger partial charge in [-0.1, -0.05) is 61.5 Å². The second kappa shape index (κ2) is 8.15. The van der Waals surface area contributed by atoms with Crippen LogP contribution in [0.3, 0.4) is 0 Å². The van der Waals surface area contributed by atoms with Crippen LogP contribution in [0, 0.1) is 0 Å². The molecule has 4 rings (SSSR count). The Morgan fingerprint density at radius 1 is 0.897 bits per heavy atom. The monoisotopic (exact) mass is 383 g/mol. The molecule has 29 heavy (non-hydrogen) atoms. The number of carbonyl (C=O) groups is 1. The van der Waals surface area contributed by atoms with Crippen LogP contribution in [0.25, 0.3) is 22.2 Å². The second-order valence-corrected chi connectivity index (χ2v) is 6.66. The van der Waals surface area contributed by atoms with Crippen LogP contribution >= 0.6 is 0 Å².